The maximum atomic E-state index is 13.0. The van der Waals surface area contributed by atoms with Crippen LogP contribution in [0.1, 0.15) is 27.2 Å². The average Bonchev–Trinajstić information content (AvgIpc) is 3.42. The molecule has 160 valence electrons. The maximum absolute atomic E-state index is 13.0. The van der Waals surface area contributed by atoms with Gasteiger partial charge >= 0.3 is 6.18 Å². The third-order valence-corrected chi connectivity index (χ3v) is 6.43. The van der Waals surface area contributed by atoms with Crippen molar-refractivity contribution in [2.45, 2.75) is 12.7 Å². The minimum Gasteiger partial charge on any atom is -0.357 e. The Morgan fingerprint density at radius 1 is 1.16 bits per heavy atom. The number of aromatic nitrogens is 1. The Morgan fingerprint density at radius 3 is 2.74 bits per heavy atom. The molecular formula is C22H18F3N3OS2. The molecule has 1 aliphatic heterocycles. The molecule has 4 nitrogen and oxygen atoms in total. The summed E-state index contributed by atoms with van der Waals surface area (Å²) < 4.78 is 39.0. The van der Waals surface area contributed by atoms with Crippen LogP contribution in [0, 0.1) is 0 Å². The number of rotatable bonds is 5. The molecular weight excluding hydrogens is 443 g/mol. The summed E-state index contributed by atoms with van der Waals surface area (Å²) in [5, 5.41) is 6.59. The summed E-state index contributed by atoms with van der Waals surface area (Å²) >= 11 is 2.94. The Bertz CT molecular complexity index is 1100. The molecule has 1 aromatic heterocycles. The van der Waals surface area contributed by atoms with Gasteiger partial charge in [-0.2, -0.15) is 13.2 Å². The number of halogens is 3. The van der Waals surface area contributed by atoms with Crippen molar-refractivity contribution in [3.8, 4) is 0 Å². The molecule has 4 rings (SSSR count). The van der Waals surface area contributed by atoms with E-state index in [0.717, 1.165) is 22.8 Å². The SMILES string of the molecule is O=C(c1cccc(C(F)(F)F)c1)N1CCS/C1=C/c1csc(NCc2ccccc2)n1. The van der Waals surface area contributed by atoms with Gasteiger partial charge in [0.1, 0.15) is 0 Å². The van der Waals surface area contributed by atoms with Gasteiger partial charge < -0.3 is 10.2 Å². The molecule has 1 N–H and O–H groups in total. The monoisotopic (exact) mass is 461 g/mol. The summed E-state index contributed by atoms with van der Waals surface area (Å²) in [4.78, 5) is 18.9. The molecule has 3 aromatic rings. The van der Waals surface area contributed by atoms with Gasteiger partial charge in [-0.05, 0) is 29.8 Å². The van der Waals surface area contributed by atoms with Gasteiger partial charge in [0.15, 0.2) is 5.13 Å². The number of benzene rings is 2. The van der Waals surface area contributed by atoms with Crippen molar-refractivity contribution in [3.63, 3.8) is 0 Å². The van der Waals surface area contributed by atoms with Crippen LogP contribution >= 0.6 is 23.1 Å². The number of carbonyl (C=O) groups excluding carboxylic acids is 1. The molecule has 1 saturated heterocycles. The highest BCUT2D eigenvalue weighted by Crippen LogP contribution is 2.34. The third kappa shape index (κ3) is 5.29. The van der Waals surface area contributed by atoms with E-state index in [1.165, 1.54) is 40.1 Å². The predicted molar refractivity (Wildman–Crippen MR) is 119 cm³/mol. The van der Waals surface area contributed by atoms with Crippen molar-refractivity contribution in [1.82, 2.24) is 9.88 Å². The van der Waals surface area contributed by atoms with Gasteiger partial charge in [0, 0.05) is 29.8 Å². The zero-order valence-corrected chi connectivity index (χ0v) is 17.9. The fourth-order valence-electron chi connectivity index (χ4n) is 3.07. The van der Waals surface area contributed by atoms with Crippen LogP contribution in [-0.4, -0.2) is 28.1 Å². The second-order valence-electron chi connectivity index (χ2n) is 6.78. The van der Waals surface area contributed by atoms with Gasteiger partial charge in [-0.3, -0.25) is 4.79 Å². The predicted octanol–water partition coefficient (Wildman–Crippen LogP) is 5.96. The quantitative estimate of drug-likeness (QED) is 0.509. The van der Waals surface area contributed by atoms with Crippen LogP contribution in [0.5, 0.6) is 0 Å². The van der Waals surface area contributed by atoms with E-state index >= 15 is 0 Å². The molecule has 0 atom stereocenters. The Hall–Kier alpha value is -2.78. The zero-order valence-electron chi connectivity index (χ0n) is 16.2. The van der Waals surface area contributed by atoms with E-state index in [-0.39, 0.29) is 5.56 Å². The lowest BCUT2D eigenvalue weighted by molar-refractivity contribution is -0.137. The van der Waals surface area contributed by atoms with E-state index in [4.69, 9.17) is 0 Å². The van der Waals surface area contributed by atoms with Crippen LogP contribution in [-0.2, 0) is 12.7 Å². The number of carbonyl (C=O) groups is 1. The fraction of sp³-hybridized carbons (Fsp3) is 0.182. The topological polar surface area (TPSA) is 45.2 Å². The third-order valence-electron chi connectivity index (χ3n) is 4.59. The lowest BCUT2D eigenvalue weighted by atomic mass is 10.1. The van der Waals surface area contributed by atoms with E-state index < -0.39 is 17.6 Å². The first-order chi connectivity index (χ1) is 14.9. The van der Waals surface area contributed by atoms with E-state index in [0.29, 0.717) is 29.6 Å². The summed E-state index contributed by atoms with van der Waals surface area (Å²) in [6.07, 6.45) is -2.69. The van der Waals surface area contributed by atoms with E-state index in [1.54, 1.807) is 6.08 Å². The zero-order chi connectivity index (χ0) is 21.8. The van der Waals surface area contributed by atoms with Crippen molar-refractivity contribution in [2.75, 3.05) is 17.6 Å². The molecule has 1 amide bonds. The van der Waals surface area contributed by atoms with Gasteiger partial charge in [-0.15, -0.1) is 23.1 Å². The van der Waals surface area contributed by atoms with Crippen molar-refractivity contribution < 1.29 is 18.0 Å². The van der Waals surface area contributed by atoms with Gasteiger partial charge in [0.25, 0.3) is 5.91 Å². The molecule has 0 bridgehead atoms. The highest BCUT2D eigenvalue weighted by molar-refractivity contribution is 8.03. The number of nitrogens with one attached hydrogen (secondary N) is 1. The summed E-state index contributed by atoms with van der Waals surface area (Å²) in [6.45, 7) is 1.09. The van der Waals surface area contributed by atoms with Gasteiger partial charge in [0.2, 0.25) is 0 Å². The van der Waals surface area contributed by atoms with Gasteiger partial charge in [0.05, 0.1) is 16.3 Å². The smallest absolute Gasteiger partial charge is 0.357 e. The highest BCUT2D eigenvalue weighted by atomic mass is 32.2. The standard InChI is InChI=1S/C22H18F3N3OS2/c23-22(24,25)17-8-4-7-16(11-17)20(29)28-9-10-30-19(28)12-18-14-31-21(27-18)26-13-15-5-2-1-3-6-15/h1-8,11-12,14H,9-10,13H2,(H,26,27)/b19-12+. The van der Waals surface area contributed by atoms with Crippen LogP contribution in [0.2, 0.25) is 0 Å². The first-order valence-electron chi connectivity index (χ1n) is 9.47. The number of hydrogen-bond donors (Lipinski definition) is 1. The number of amides is 1. The second-order valence-corrected chi connectivity index (χ2v) is 8.76. The van der Waals surface area contributed by atoms with E-state index in [9.17, 15) is 18.0 Å². The molecule has 0 aliphatic carbocycles. The molecule has 31 heavy (non-hydrogen) atoms. The molecule has 2 heterocycles. The Balaban J connectivity index is 1.47. The molecule has 9 heteroatoms. The molecule has 0 spiro atoms. The van der Waals surface area contributed by atoms with Crippen LogP contribution in [0.15, 0.2) is 65.0 Å². The maximum Gasteiger partial charge on any atom is 0.416 e. The van der Waals surface area contributed by atoms with E-state index in [2.05, 4.69) is 10.3 Å². The molecule has 0 radical (unpaired) electrons. The molecule has 0 unspecified atom stereocenters. The fourth-order valence-corrected chi connectivity index (χ4v) is 4.75. The van der Waals surface area contributed by atoms with Gasteiger partial charge in [-0.25, -0.2) is 4.98 Å². The summed E-state index contributed by atoms with van der Waals surface area (Å²) in [5.41, 5.74) is 1.03. The highest BCUT2D eigenvalue weighted by Gasteiger charge is 2.32. The Labute approximate surface area is 185 Å². The Kier molecular flexibility index (Phi) is 6.33. The van der Waals surface area contributed by atoms with E-state index in [1.807, 2.05) is 35.7 Å². The van der Waals surface area contributed by atoms with Crippen LogP contribution in [0.3, 0.4) is 0 Å². The average molecular weight is 462 g/mol. The number of nitrogens with zero attached hydrogens (tertiary/aromatic N) is 2. The largest absolute Gasteiger partial charge is 0.416 e. The number of anilines is 1. The van der Waals surface area contributed by atoms with Crippen LogP contribution in [0.25, 0.3) is 6.08 Å². The van der Waals surface area contributed by atoms with Gasteiger partial charge in [-0.1, -0.05) is 36.4 Å². The number of thiazole rings is 1. The first kappa shape index (κ1) is 21.5. The van der Waals surface area contributed by atoms with Crippen molar-refractivity contribution in [3.05, 3.63) is 87.4 Å². The van der Waals surface area contributed by atoms with Crippen LogP contribution < -0.4 is 5.32 Å². The number of alkyl halides is 3. The minimum absolute atomic E-state index is 0.0201. The lowest BCUT2D eigenvalue weighted by Crippen LogP contribution is -2.27. The summed E-state index contributed by atoms with van der Waals surface area (Å²) in [5.74, 6) is 0.236. The van der Waals surface area contributed by atoms with Crippen LogP contribution in [0.4, 0.5) is 18.3 Å². The summed E-state index contributed by atoms with van der Waals surface area (Å²) in [6, 6.07) is 14.5. The molecule has 1 fully saturated rings. The Morgan fingerprint density at radius 2 is 1.97 bits per heavy atom. The van der Waals surface area contributed by atoms with Crippen molar-refractivity contribution in [2.24, 2.45) is 0 Å². The second kappa shape index (κ2) is 9.15. The summed E-state index contributed by atoms with van der Waals surface area (Å²) in [7, 11) is 0. The molecule has 0 saturated carbocycles. The normalized spacial score (nSPS) is 15.5. The van der Waals surface area contributed by atoms with Crippen molar-refractivity contribution in [1.29, 1.82) is 0 Å². The molecule has 2 aromatic carbocycles. The number of hydrogen-bond acceptors (Lipinski definition) is 5. The number of thioether (sulfide) groups is 1. The van der Waals surface area contributed by atoms with Crippen molar-refractivity contribution >= 4 is 40.2 Å². The first-order valence-corrected chi connectivity index (χ1v) is 11.3. The minimum atomic E-state index is -4.49. The molecule has 1 aliphatic rings. The lowest BCUT2D eigenvalue weighted by Gasteiger charge is -2.17.